The lowest BCUT2D eigenvalue weighted by Crippen LogP contribution is -2.65. The van der Waals surface area contributed by atoms with Crippen molar-refractivity contribution >= 4 is 28.6 Å². The Morgan fingerprint density at radius 1 is 1.00 bits per heavy atom. The predicted octanol–water partition coefficient (Wildman–Crippen LogP) is 5.55. The van der Waals surface area contributed by atoms with E-state index in [4.69, 9.17) is 9.47 Å². The van der Waals surface area contributed by atoms with E-state index < -0.39 is 11.6 Å². The molecule has 3 fully saturated rings. The number of thiophene rings is 2. The normalized spacial score (nSPS) is 25.0. The number of nitrogens with zero attached hydrogens (tertiary/aromatic N) is 1. The van der Waals surface area contributed by atoms with Crippen molar-refractivity contribution in [3.8, 4) is 5.75 Å². The van der Waals surface area contributed by atoms with Gasteiger partial charge in [0.25, 0.3) is 0 Å². The fourth-order valence-corrected chi connectivity index (χ4v) is 8.29. The zero-order chi connectivity index (χ0) is 25.3. The first-order valence-electron chi connectivity index (χ1n) is 13.7. The number of benzene rings is 1. The second-order valence-electron chi connectivity index (χ2n) is 11.0. The Balaban J connectivity index is 1.07. The monoisotopic (exact) mass is 538 g/mol. The fourth-order valence-electron chi connectivity index (χ4n) is 6.57. The van der Waals surface area contributed by atoms with Gasteiger partial charge < -0.3 is 19.1 Å². The third-order valence-corrected chi connectivity index (χ3v) is 10.7. The van der Waals surface area contributed by atoms with Crippen LogP contribution in [-0.4, -0.2) is 54.4 Å². The average Bonchev–Trinajstić information content (AvgIpc) is 3.67. The third kappa shape index (κ3) is 4.99. The summed E-state index contributed by atoms with van der Waals surface area (Å²) < 4.78 is 13.3. The summed E-state index contributed by atoms with van der Waals surface area (Å²) in [6.45, 7) is 4.85. The van der Waals surface area contributed by atoms with Crippen LogP contribution in [0.5, 0.6) is 5.75 Å². The molecule has 7 rings (SSSR count). The molecule has 1 aliphatic carbocycles. The van der Waals surface area contributed by atoms with E-state index in [9.17, 15) is 9.90 Å². The molecular formula is C30H36NO4S2+. The van der Waals surface area contributed by atoms with Gasteiger partial charge in [-0.25, -0.2) is 4.79 Å². The van der Waals surface area contributed by atoms with Crippen molar-refractivity contribution in [1.29, 1.82) is 0 Å². The average molecular weight is 539 g/mol. The van der Waals surface area contributed by atoms with E-state index in [1.165, 1.54) is 59.5 Å². The molecule has 7 heteroatoms. The van der Waals surface area contributed by atoms with Gasteiger partial charge in [0.05, 0.1) is 36.0 Å². The van der Waals surface area contributed by atoms with Gasteiger partial charge in [0.2, 0.25) is 5.60 Å². The van der Waals surface area contributed by atoms with E-state index in [1.54, 1.807) is 0 Å². The van der Waals surface area contributed by atoms with Crippen LogP contribution >= 0.6 is 22.7 Å². The molecule has 0 spiro atoms. The first-order chi connectivity index (χ1) is 18.1. The number of aliphatic hydroxyl groups is 1. The molecule has 4 aliphatic rings. The quantitative estimate of drug-likeness (QED) is 0.221. The second kappa shape index (κ2) is 10.5. The molecule has 2 aromatic heterocycles. The number of piperidine rings is 3. The van der Waals surface area contributed by atoms with Gasteiger partial charge in [-0.3, -0.25) is 0 Å². The van der Waals surface area contributed by atoms with E-state index in [-0.39, 0.29) is 6.10 Å². The zero-order valence-electron chi connectivity index (χ0n) is 21.3. The van der Waals surface area contributed by atoms with Crippen molar-refractivity contribution in [2.24, 2.45) is 5.92 Å². The van der Waals surface area contributed by atoms with E-state index in [1.807, 2.05) is 35.0 Å². The number of aryl methyl sites for hydroxylation is 2. The highest BCUT2D eigenvalue weighted by Crippen LogP contribution is 2.40. The standard InChI is InChI=1S/C30H36NO4S2/c32-29(30(33,27-8-3-18-36-27)28-9-4-19-37-28)35-26-21-31(15-12-23(26)13-16-31)14-5-17-34-25-11-10-22-6-1-2-7-24(22)20-25/h3-4,8-11,18-20,23,26,33H,1-2,5-7,12-17,21H2/q+1/t23?,26-,31?/m0/s1. The van der Waals surface area contributed by atoms with E-state index in [0.717, 1.165) is 55.7 Å². The molecule has 1 atom stereocenters. The number of carbonyl (C=O) groups is 1. The van der Waals surface area contributed by atoms with Crippen LogP contribution in [0.2, 0.25) is 0 Å². The maximum atomic E-state index is 13.5. The molecule has 1 aromatic carbocycles. The van der Waals surface area contributed by atoms with Crippen molar-refractivity contribution in [3.63, 3.8) is 0 Å². The van der Waals surface area contributed by atoms with E-state index in [2.05, 4.69) is 18.2 Å². The molecule has 5 heterocycles. The summed E-state index contributed by atoms with van der Waals surface area (Å²) in [5.74, 6) is 0.836. The van der Waals surface area contributed by atoms with Gasteiger partial charge in [-0.05, 0) is 71.8 Å². The van der Waals surface area contributed by atoms with Crippen molar-refractivity contribution < 1.29 is 23.9 Å². The highest BCUT2D eigenvalue weighted by molar-refractivity contribution is 7.12. The number of hydrogen-bond donors (Lipinski definition) is 1. The molecule has 196 valence electrons. The summed E-state index contributed by atoms with van der Waals surface area (Å²) in [5.41, 5.74) is 1.21. The first-order valence-corrected chi connectivity index (χ1v) is 15.4. The minimum atomic E-state index is -1.73. The summed E-state index contributed by atoms with van der Waals surface area (Å²) in [5, 5.41) is 15.4. The number of fused-ring (bicyclic) bond motifs is 4. The van der Waals surface area contributed by atoms with Crippen molar-refractivity contribution in [3.05, 3.63) is 74.1 Å². The van der Waals surface area contributed by atoms with Gasteiger partial charge in [-0.15, -0.1) is 22.7 Å². The maximum absolute atomic E-state index is 13.5. The smallest absolute Gasteiger partial charge is 0.349 e. The Hall–Kier alpha value is -2.19. The number of esters is 1. The van der Waals surface area contributed by atoms with Crippen molar-refractivity contribution in [2.75, 3.05) is 32.8 Å². The van der Waals surface area contributed by atoms with Crippen LogP contribution in [-0.2, 0) is 28.0 Å². The van der Waals surface area contributed by atoms with Gasteiger partial charge in [-0.1, -0.05) is 18.2 Å². The molecule has 5 nitrogen and oxygen atoms in total. The van der Waals surface area contributed by atoms with Crippen LogP contribution in [0.25, 0.3) is 0 Å². The lowest BCUT2D eigenvalue weighted by Gasteiger charge is -2.52. The molecular weight excluding hydrogens is 502 g/mol. The second-order valence-corrected chi connectivity index (χ2v) is 12.9. The van der Waals surface area contributed by atoms with E-state index >= 15 is 0 Å². The molecule has 2 bridgehead atoms. The molecule has 1 N–H and O–H groups in total. The molecule has 0 unspecified atom stereocenters. The van der Waals surface area contributed by atoms with Gasteiger partial charge >= 0.3 is 5.97 Å². The van der Waals surface area contributed by atoms with Crippen LogP contribution in [0.15, 0.2) is 53.2 Å². The van der Waals surface area contributed by atoms with Gasteiger partial charge in [0, 0.05) is 25.2 Å². The Bertz CT molecular complexity index is 1160. The molecule has 0 saturated carbocycles. The minimum absolute atomic E-state index is 0.150. The van der Waals surface area contributed by atoms with Crippen LogP contribution < -0.4 is 4.74 Å². The van der Waals surface area contributed by atoms with Crippen LogP contribution in [0.4, 0.5) is 0 Å². The number of rotatable bonds is 9. The largest absolute Gasteiger partial charge is 0.493 e. The number of hydrogen-bond acceptors (Lipinski definition) is 6. The summed E-state index contributed by atoms with van der Waals surface area (Å²) in [7, 11) is 0. The summed E-state index contributed by atoms with van der Waals surface area (Å²) in [6, 6.07) is 14.0. The molecule has 3 aliphatic heterocycles. The van der Waals surface area contributed by atoms with E-state index in [0.29, 0.717) is 22.3 Å². The highest BCUT2D eigenvalue weighted by Gasteiger charge is 2.51. The van der Waals surface area contributed by atoms with Crippen LogP contribution in [0, 0.1) is 5.92 Å². The Morgan fingerprint density at radius 2 is 1.70 bits per heavy atom. The maximum Gasteiger partial charge on any atom is 0.349 e. The molecule has 0 radical (unpaired) electrons. The molecule has 37 heavy (non-hydrogen) atoms. The molecule has 0 amide bonds. The summed E-state index contributed by atoms with van der Waals surface area (Å²) >= 11 is 2.78. The Labute approximate surface area is 227 Å². The minimum Gasteiger partial charge on any atom is -0.493 e. The Kier molecular flexibility index (Phi) is 7.14. The number of ether oxygens (including phenoxy) is 2. The summed E-state index contributed by atoms with van der Waals surface area (Å²) in [6.07, 6.45) is 7.91. The lowest BCUT2D eigenvalue weighted by atomic mass is 9.83. The van der Waals surface area contributed by atoms with Gasteiger partial charge in [0.1, 0.15) is 12.3 Å². The molecule has 3 aromatic rings. The van der Waals surface area contributed by atoms with Crippen molar-refractivity contribution in [1.82, 2.24) is 0 Å². The number of carbonyl (C=O) groups excluding carboxylic acids is 1. The zero-order valence-corrected chi connectivity index (χ0v) is 22.9. The number of quaternary nitrogens is 1. The highest BCUT2D eigenvalue weighted by atomic mass is 32.1. The SMILES string of the molecule is O=C(O[C@H]1C[N+]2(CCCOc3ccc4c(c3)CCCC4)CCC1CC2)C(O)(c1cccs1)c1cccs1. The lowest BCUT2D eigenvalue weighted by molar-refractivity contribution is -0.946. The molecule has 3 saturated heterocycles. The predicted molar refractivity (Wildman–Crippen MR) is 147 cm³/mol. The van der Waals surface area contributed by atoms with Crippen molar-refractivity contribution in [2.45, 2.75) is 56.7 Å². The van der Waals surface area contributed by atoms with Gasteiger partial charge in [0.15, 0.2) is 6.10 Å². The van der Waals surface area contributed by atoms with Crippen LogP contribution in [0.3, 0.4) is 0 Å². The first kappa shape index (κ1) is 25.1. The van der Waals surface area contributed by atoms with Crippen LogP contribution in [0.1, 0.15) is 53.0 Å². The third-order valence-electron chi connectivity index (χ3n) is 8.72. The Morgan fingerprint density at radius 3 is 2.38 bits per heavy atom. The fraction of sp³-hybridized carbons (Fsp3) is 0.500. The summed E-state index contributed by atoms with van der Waals surface area (Å²) in [4.78, 5) is 14.8. The van der Waals surface area contributed by atoms with Gasteiger partial charge in [-0.2, -0.15) is 0 Å². The topological polar surface area (TPSA) is 55.8 Å².